The highest BCUT2D eigenvalue weighted by Gasteiger charge is 2.28. The molecule has 0 aromatic rings. The van der Waals surface area contributed by atoms with Crippen LogP contribution >= 0.6 is 0 Å². The van der Waals surface area contributed by atoms with E-state index in [-0.39, 0.29) is 18.0 Å². The minimum absolute atomic E-state index is 0.00563. The molecule has 1 aliphatic heterocycles. The molecular formula is C18H26O3. The molecule has 1 saturated heterocycles. The Morgan fingerprint density at radius 2 is 2.19 bits per heavy atom. The van der Waals surface area contributed by atoms with Crippen LogP contribution in [0.1, 0.15) is 46.5 Å². The fraction of sp³-hybridized carbons (Fsp3) is 0.556. The third-order valence-electron chi connectivity index (χ3n) is 3.78. The Balaban J connectivity index is 2.22. The average Bonchev–Trinajstić information content (AvgIpc) is 2.76. The van der Waals surface area contributed by atoms with E-state index in [1.165, 1.54) is 0 Å². The van der Waals surface area contributed by atoms with Gasteiger partial charge in [-0.3, -0.25) is 9.59 Å². The van der Waals surface area contributed by atoms with Gasteiger partial charge in [0, 0.05) is 5.92 Å². The van der Waals surface area contributed by atoms with Gasteiger partial charge < -0.3 is 4.74 Å². The van der Waals surface area contributed by atoms with Gasteiger partial charge in [-0.05, 0) is 44.6 Å². The van der Waals surface area contributed by atoms with Crippen LogP contribution in [-0.4, -0.2) is 18.4 Å². The molecule has 0 aliphatic carbocycles. The van der Waals surface area contributed by atoms with Gasteiger partial charge in [-0.2, -0.15) is 0 Å². The molecule has 1 rings (SSSR count). The van der Waals surface area contributed by atoms with Crippen molar-refractivity contribution in [1.29, 1.82) is 0 Å². The Kier molecular flexibility index (Phi) is 7.73. The van der Waals surface area contributed by atoms with E-state index in [1.54, 1.807) is 0 Å². The Hall–Kier alpha value is -1.64. The maximum Gasteiger partial charge on any atom is 0.306 e. The molecule has 0 unspecified atom stereocenters. The summed E-state index contributed by atoms with van der Waals surface area (Å²) in [6.45, 7) is 5.98. The lowest BCUT2D eigenvalue weighted by molar-refractivity contribution is -0.140. The van der Waals surface area contributed by atoms with Crippen LogP contribution in [0.5, 0.6) is 0 Å². The number of rotatable bonds is 8. The minimum atomic E-state index is -0.103. The summed E-state index contributed by atoms with van der Waals surface area (Å²) in [6.07, 6.45) is 14.7. The van der Waals surface area contributed by atoms with E-state index >= 15 is 0 Å². The van der Waals surface area contributed by atoms with Crippen molar-refractivity contribution in [3.63, 3.8) is 0 Å². The molecule has 3 nitrogen and oxygen atoms in total. The van der Waals surface area contributed by atoms with Crippen molar-refractivity contribution in [1.82, 2.24) is 0 Å². The molecule has 3 atom stereocenters. The van der Waals surface area contributed by atoms with Gasteiger partial charge in [0.1, 0.15) is 12.4 Å². The third-order valence-corrected chi connectivity index (χ3v) is 3.78. The second-order valence-corrected chi connectivity index (χ2v) is 5.86. The molecule has 0 N–H and O–H groups in total. The summed E-state index contributed by atoms with van der Waals surface area (Å²) < 4.78 is 5.10. The maximum absolute atomic E-state index is 11.1. The lowest BCUT2D eigenvalue weighted by Crippen LogP contribution is -2.07. The fourth-order valence-corrected chi connectivity index (χ4v) is 2.28. The number of aldehydes is 1. The number of ether oxygens (including phenoxy) is 1. The van der Waals surface area contributed by atoms with Crippen LogP contribution < -0.4 is 0 Å². The van der Waals surface area contributed by atoms with Crippen molar-refractivity contribution in [3.05, 3.63) is 36.0 Å². The highest BCUT2D eigenvalue weighted by molar-refractivity contribution is 5.72. The lowest BCUT2D eigenvalue weighted by Gasteiger charge is -2.07. The van der Waals surface area contributed by atoms with Crippen LogP contribution in [0.4, 0.5) is 0 Å². The van der Waals surface area contributed by atoms with E-state index in [4.69, 9.17) is 4.74 Å². The van der Waals surface area contributed by atoms with E-state index in [0.29, 0.717) is 12.3 Å². The topological polar surface area (TPSA) is 43.4 Å². The van der Waals surface area contributed by atoms with Crippen molar-refractivity contribution in [3.8, 4) is 0 Å². The van der Waals surface area contributed by atoms with Crippen LogP contribution in [-0.2, 0) is 14.3 Å². The summed E-state index contributed by atoms with van der Waals surface area (Å²) in [5.74, 6) is 0.699. The molecule has 0 radical (unpaired) electrons. The summed E-state index contributed by atoms with van der Waals surface area (Å²) in [5, 5.41) is 0. The largest absolute Gasteiger partial charge is 0.462 e. The van der Waals surface area contributed by atoms with Crippen molar-refractivity contribution < 1.29 is 14.3 Å². The Morgan fingerprint density at radius 3 is 2.81 bits per heavy atom. The van der Waals surface area contributed by atoms with Crippen molar-refractivity contribution in [2.45, 2.75) is 52.6 Å². The summed E-state index contributed by atoms with van der Waals surface area (Å²) in [7, 11) is 0. The van der Waals surface area contributed by atoms with E-state index < -0.39 is 0 Å². The van der Waals surface area contributed by atoms with Crippen LogP contribution in [0, 0.1) is 11.8 Å². The highest BCUT2D eigenvalue weighted by atomic mass is 16.5. The zero-order valence-electron chi connectivity index (χ0n) is 13.2. The number of hydrogen-bond acceptors (Lipinski definition) is 3. The Morgan fingerprint density at radius 1 is 1.43 bits per heavy atom. The lowest BCUT2D eigenvalue weighted by atomic mass is 10.00. The predicted molar refractivity (Wildman–Crippen MR) is 84.8 cm³/mol. The van der Waals surface area contributed by atoms with Gasteiger partial charge in [0.15, 0.2) is 0 Å². The number of carbonyl (C=O) groups is 2. The molecule has 0 aromatic carbocycles. The van der Waals surface area contributed by atoms with Gasteiger partial charge in [-0.1, -0.05) is 37.3 Å². The number of allylic oxidation sites excluding steroid dienone is 5. The van der Waals surface area contributed by atoms with E-state index in [0.717, 1.165) is 31.1 Å². The second-order valence-electron chi connectivity index (χ2n) is 5.86. The summed E-state index contributed by atoms with van der Waals surface area (Å²) in [5.41, 5.74) is 0.808. The van der Waals surface area contributed by atoms with Crippen LogP contribution in [0.3, 0.4) is 0 Å². The van der Waals surface area contributed by atoms with E-state index in [9.17, 15) is 9.59 Å². The fourth-order valence-electron chi connectivity index (χ4n) is 2.28. The molecule has 0 aromatic heterocycles. The van der Waals surface area contributed by atoms with Gasteiger partial charge >= 0.3 is 5.97 Å². The number of cyclic esters (lactones) is 1. The SMILES string of the molecule is C/C(C=O)=C\CC[C@@H](C)C/C=C/C=C/[C@H]1CC(=O)O[C@H]1C. The molecule has 1 fully saturated rings. The number of esters is 1. The van der Waals surface area contributed by atoms with Crippen molar-refractivity contribution >= 4 is 12.3 Å². The van der Waals surface area contributed by atoms with Gasteiger partial charge in [-0.25, -0.2) is 0 Å². The first-order chi connectivity index (χ1) is 10.0. The second kappa shape index (κ2) is 9.32. The van der Waals surface area contributed by atoms with E-state index in [2.05, 4.69) is 13.0 Å². The smallest absolute Gasteiger partial charge is 0.306 e. The summed E-state index contributed by atoms with van der Waals surface area (Å²) in [6, 6.07) is 0. The zero-order valence-corrected chi connectivity index (χ0v) is 13.2. The van der Waals surface area contributed by atoms with Crippen molar-refractivity contribution in [2.75, 3.05) is 0 Å². The third kappa shape index (κ3) is 7.07. The molecule has 1 aliphatic rings. The van der Waals surface area contributed by atoms with Gasteiger partial charge in [0.2, 0.25) is 0 Å². The monoisotopic (exact) mass is 290 g/mol. The highest BCUT2D eigenvalue weighted by Crippen LogP contribution is 2.22. The van der Waals surface area contributed by atoms with Gasteiger partial charge in [0.05, 0.1) is 6.42 Å². The standard InChI is InChI=1S/C18H26O3/c1-14(9-7-10-15(2)13-19)8-5-4-6-11-17-12-18(20)21-16(17)3/h4-6,10-11,13-14,16-17H,7-9,12H2,1-3H3/b5-4+,11-6+,15-10+/t14-,16-,17-/m0/s1. The molecule has 3 heteroatoms. The molecule has 1 heterocycles. The molecular weight excluding hydrogens is 264 g/mol. The zero-order chi connectivity index (χ0) is 15.7. The average molecular weight is 290 g/mol. The van der Waals surface area contributed by atoms with Crippen LogP contribution in [0.25, 0.3) is 0 Å². The summed E-state index contributed by atoms with van der Waals surface area (Å²) in [4.78, 5) is 21.6. The molecule has 116 valence electrons. The Labute approximate surface area is 127 Å². The molecule has 21 heavy (non-hydrogen) atoms. The summed E-state index contributed by atoms with van der Waals surface area (Å²) >= 11 is 0. The number of hydrogen-bond donors (Lipinski definition) is 0. The molecule has 0 amide bonds. The minimum Gasteiger partial charge on any atom is -0.462 e. The van der Waals surface area contributed by atoms with Gasteiger partial charge in [-0.15, -0.1) is 0 Å². The number of carbonyl (C=O) groups excluding carboxylic acids is 2. The predicted octanol–water partition coefficient (Wildman–Crippen LogP) is 4.00. The normalized spacial score (nSPS) is 24.7. The first-order valence-corrected chi connectivity index (χ1v) is 7.67. The molecule has 0 bridgehead atoms. The quantitative estimate of drug-likeness (QED) is 0.294. The van der Waals surface area contributed by atoms with Crippen molar-refractivity contribution in [2.24, 2.45) is 11.8 Å². The molecule has 0 spiro atoms. The maximum atomic E-state index is 11.1. The first-order valence-electron chi connectivity index (χ1n) is 7.67. The van der Waals surface area contributed by atoms with Crippen LogP contribution in [0.15, 0.2) is 36.0 Å². The Bertz CT molecular complexity index is 432. The van der Waals surface area contributed by atoms with E-state index in [1.807, 2.05) is 38.2 Å². The molecule has 0 saturated carbocycles. The van der Waals surface area contributed by atoms with Gasteiger partial charge in [0.25, 0.3) is 0 Å². The van der Waals surface area contributed by atoms with Crippen LogP contribution in [0.2, 0.25) is 0 Å². The first kappa shape index (κ1) is 17.4.